The van der Waals surface area contributed by atoms with E-state index >= 15 is 0 Å². The standard InChI is InChI=1S/C25H32N2O4/c1-17(2)19-10-12-20(13-11-19)27-25(28)31-22-16-30-23-21(15-29-24(22)23)26-14-6-9-18-7-4-3-5-8-18/h3-5,7-8,10-13,17,21-24,26H,6,9,14-16H2,1-2H3,(H,27,28)/t21-,22-,23-,24+/m0/s1. The fourth-order valence-corrected chi connectivity index (χ4v) is 4.20. The molecule has 166 valence electrons. The molecule has 4 atom stereocenters. The molecule has 0 aromatic heterocycles. The molecule has 0 spiro atoms. The van der Waals surface area contributed by atoms with Crippen LogP contribution in [0.5, 0.6) is 0 Å². The first-order chi connectivity index (χ1) is 15.1. The van der Waals surface area contributed by atoms with Gasteiger partial charge in [-0.3, -0.25) is 5.32 Å². The van der Waals surface area contributed by atoms with Crippen LogP contribution in [0.15, 0.2) is 54.6 Å². The van der Waals surface area contributed by atoms with Crippen molar-refractivity contribution in [3.05, 3.63) is 65.7 Å². The SMILES string of the molecule is CC(C)c1ccc(NC(=O)O[C@H]2CO[C@@H]3[C@@H]2OC[C@@H]3NCCCc2ccccc2)cc1. The monoisotopic (exact) mass is 424 g/mol. The zero-order valence-corrected chi connectivity index (χ0v) is 18.3. The molecule has 2 heterocycles. The Labute approximate surface area is 184 Å². The molecule has 2 fully saturated rings. The molecule has 4 rings (SSSR count). The number of fused-ring (bicyclic) bond motifs is 1. The van der Waals surface area contributed by atoms with Gasteiger partial charge in [0.25, 0.3) is 0 Å². The van der Waals surface area contributed by atoms with Gasteiger partial charge in [0.1, 0.15) is 12.2 Å². The summed E-state index contributed by atoms with van der Waals surface area (Å²) in [4.78, 5) is 12.3. The molecule has 0 aliphatic carbocycles. The van der Waals surface area contributed by atoms with E-state index in [1.807, 2.05) is 30.3 Å². The largest absolute Gasteiger partial charge is 0.441 e. The third kappa shape index (κ3) is 5.64. The summed E-state index contributed by atoms with van der Waals surface area (Å²) in [6, 6.07) is 18.4. The van der Waals surface area contributed by atoms with Crippen molar-refractivity contribution in [1.82, 2.24) is 5.32 Å². The molecule has 0 saturated carbocycles. The lowest BCUT2D eigenvalue weighted by atomic mass is 10.0. The maximum atomic E-state index is 12.3. The number of hydrogen-bond acceptors (Lipinski definition) is 5. The third-order valence-corrected chi connectivity index (χ3v) is 5.98. The quantitative estimate of drug-likeness (QED) is 0.624. The molecule has 6 heteroatoms. The van der Waals surface area contributed by atoms with Crippen LogP contribution < -0.4 is 10.6 Å². The predicted molar refractivity (Wildman–Crippen MR) is 120 cm³/mol. The number of aryl methyl sites for hydroxylation is 1. The van der Waals surface area contributed by atoms with Gasteiger partial charge in [0.15, 0.2) is 6.10 Å². The minimum absolute atomic E-state index is 0.0835. The lowest BCUT2D eigenvalue weighted by molar-refractivity contribution is 0.00857. The number of carbonyl (C=O) groups is 1. The summed E-state index contributed by atoms with van der Waals surface area (Å²) in [7, 11) is 0. The van der Waals surface area contributed by atoms with Gasteiger partial charge in [-0.05, 0) is 48.6 Å². The second kappa shape index (κ2) is 10.3. The molecular weight excluding hydrogens is 392 g/mol. The topological polar surface area (TPSA) is 68.8 Å². The van der Waals surface area contributed by atoms with Gasteiger partial charge < -0.3 is 19.5 Å². The van der Waals surface area contributed by atoms with Crippen LogP contribution in [0.4, 0.5) is 10.5 Å². The Morgan fingerprint density at radius 1 is 1.03 bits per heavy atom. The van der Waals surface area contributed by atoms with Gasteiger partial charge in [-0.2, -0.15) is 0 Å². The second-order valence-electron chi connectivity index (χ2n) is 8.59. The molecule has 0 radical (unpaired) electrons. The Morgan fingerprint density at radius 2 is 1.77 bits per heavy atom. The van der Waals surface area contributed by atoms with Gasteiger partial charge in [0.2, 0.25) is 0 Å². The summed E-state index contributed by atoms with van der Waals surface area (Å²) >= 11 is 0. The van der Waals surface area contributed by atoms with E-state index in [1.165, 1.54) is 11.1 Å². The van der Waals surface area contributed by atoms with Gasteiger partial charge in [0, 0.05) is 5.69 Å². The van der Waals surface area contributed by atoms with Crippen molar-refractivity contribution in [2.24, 2.45) is 0 Å². The number of rotatable bonds is 8. The normalized spacial score (nSPS) is 24.9. The van der Waals surface area contributed by atoms with Gasteiger partial charge in [-0.1, -0.05) is 56.3 Å². The number of amides is 1. The molecule has 2 aliphatic rings. The number of carbonyl (C=O) groups excluding carboxylic acids is 1. The highest BCUT2D eigenvalue weighted by Gasteiger charge is 2.49. The number of anilines is 1. The lowest BCUT2D eigenvalue weighted by Crippen LogP contribution is -2.42. The van der Waals surface area contributed by atoms with Crippen LogP contribution >= 0.6 is 0 Å². The summed E-state index contributed by atoms with van der Waals surface area (Å²) < 4.78 is 17.4. The fraction of sp³-hybridized carbons (Fsp3) is 0.480. The lowest BCUT2D eigenvalue weighted by Gasteiger charge is -2.18. The molecule has 2 aliphatic heterocycles. The molecule has 2 saturated heterocycles. The molecule has 1 amide bonds. The zero-order valence-electron chi connectivity index (χ0n) is 18.3. The van der Waals surface area contributed by atoms with Crippen molar-refractivity contribution >= 4 is 11.8 Å². The summed E-state index contributed by atoms with van der Waals surface area (Å²) in [5.41, 5.74) is 3.29. The van der Waals surface area contributed by atoms with E-state index in [1.54, 1.807) is 0 Å². The Kier molecular flexibility index (Phi) is 7.22. The zero-order chi connectivity index (χ0) is 21.6. The van der Waals surface area contributed by atoms with Crippen molar-refractivity contribution in [2.45, 2.75) is 57.0 Å². The summed E-state index contributed by atoms with van der Waals surface area (Å²) in [6.45, 7) is 6.10. The first-order valence-corrected chi connectivity index (χ1v) is 11.2. The Balaban J connectivity index is 1.20. The van der Waals surface area contributed by atoms with Crippen molar-refractivity contribution in [1.29, 1.82) is 0 Å². The van der Waals surface area contributed by atoms with E-state index < -0.39 is 12.2 Å². The summed E-state index contributed by atoms with van der Waals surface area (Å²) in [5.74, 6) is 0.452. The molecule has 0 bridgehead atoms. The van der Waals surface area contributed by atoms with E-state index in [-0.39, 0.29) is 18.2 Å². The molecule has 2 aromatic rings. The Hall–Kier alpha value is -2.41. The van der Waals surface area contributed by atoms with Crippen LogP contribution in [0.3, 0.4) is 0 Å². The van der Waals surface area contributed by atoms with Gasteiger partial charge in [-0.15, -0.1) is 0 Å². The Bertz CT molecular complexity index is 840. The van der Waals surface area contributed by atoms with Gasteiger partial charge in [-0.25, -0.2) is 4.79 Å². The van der Waals surface area contributed by atoms with Crippen LogP contribution in [0, 0.1) is 0 Å². The number of nitrogens with one attached hydrogen (secondary N) is 2. The third-order valence-electron chi connectivity index (χ3n) is 5.98. The maximum Gasteiger partial charge on any atom is 0.412 e. The van der Waals surface area contributed by atoms with E-state index in [2.05, 4.69) is 48.7 Å². The minimum Gasteiger partial charge on any atom is -0.441 e. The average molecular weight is 425 g/mol. The Morgan fingerprint density at radius 3 is 2.52 bits per heavy atom. The van der Waals surface area contributed by atoms with E-state index in [0.717, 1.165) is 25.1 Å². The first-order valence-electron chi connectivity index (χ1n) is 11.2. The molecule has 0 unspecified atom stereocenters. The smallest absolute Gasteiger partial charge is 0.412 e. The highest BCUT2D eigenvalue weighted by Crippen LogP contribution is 2.29. The van der Waals surface area contributed by atoms with Crippen molar-refractivity contribution in [3.63, 3.8) is 0 Å². The summed E-state index contributed by atoms with van der Waals surface area (Å²) in [5, 5.41) is 6.34. The summed E-state index contributed by atoms with van der Waals surface area (Å²) in [6.07, 6.45) is 0.919. The molecule has 6 nitrogen and oxygen atoms in total. The van der Waals surface area contributed by atoms with Crippen molar-refractivity contribution in [3.8, 4) is 0 Å². The van der Waals surface area contributed by atoms with E-state index in [0.29, 0.717) is 19.1 Å². The van der Waals surface area contributed by atoms with Crippen LogP contribution in [0.25, 0.3) is 0 Å². The minimum atomic E-state index is -0.477. The molecule has 2 N–H and O–H groups in total. The van der Waals surface area contributed by atoms with Gasteiger partial charge >= 0.3 is 6.09 Å². The first kappa shape index (κ1) is 21.8. The van der Waals surface area contributed by atoms with E-state index in [4.69, 9.17) is 14.2 Å². The molecule has 2 aromatic carbocycles. The highest BCUT2D eigenvalue weighted by atomic mass is 16.6. The fourth-order valence-electron chi connectivity index (χ4n) is 4.20. The average Bonchev–Trinajstić information content (AvgIpc) is 3.35. The molecular formula is C25H32N2O4. The number of ether oxygens (including phenoxy) is 3. The second-order valence-corrected chi connectivity index (χ2v) is 8.59. The van der Waals surface area contributed by atoms with Gasteiger partial charge in [0.05, 0.1) is 19.3 Å². The maximum absolute atomic E-state index is 12.3. The number of benzene rings is 2. The van der Waals surface area contributed by atoms with Crippen molar-refractivity contribution < 1.29 is 19.0 Å². The van der Waals surface area contributed by atoms with Crippen LogP contribution in [-0.2, 0) is 20.6 Å². The van der Waals surface area contributed by atoms with Crippen molar-refractivity contribution in [2.75, 3.05) is 25.1 Å². The number of hydrogen-bond donors (Lipinski definition) is 2. The molecule has 31 heavy (non-hydrogen) atoms. The highest BCUT2D eigenvalue weighted by molar-refractivity contribution is 5.84. The predicted octanol–water partition coefficient (Wildman–Crippen LogP) is 4.12. The van der Waals surface area contributed by atoms with E-state index in [9.17, 15) is 4.79 Å². The van der Waals surface area contributed by atoms with Crippen LogP contribution in [-0.4, -0.2) is 50.2 Å². The van der Waals surface area contributed by atoms with Crippen LogP contribution in [0.2, 0.25) is 0 Å². The van der Waals surface area contributed by atoms with Crippen LogP contribution in [0.1, 0.15) is 37.3 Å².